The van der Waals surface area contributed by atoms with Gasteiger partial charge < -0.3 is 9.26 Å². The summed E-state index contributed by atoms with van der Waals surface area (Å²) in [5, 5.41) is 3.70. The normalized spacial score (nSPS) is 22.3. The Balaban J connectivity index is 2.31. The molecule has 102 valence electrons. The van der Waals surface area contributed by atoms with Gasteiger partial charge in [0.25, 0.3) is 0 Å². The Labute approximate surface area is 107 Å². The van der Waals surface area contributed by atoms with Gasteiger partial charge in [-0.05, 0) is 20.3 Å². The third-order valence-corrected chi connectivity index (χ3v) is 5.23. The number of ether oxygens (including phenoxy) is 1. The van der Waals surface area contributed by atoms with Crippen molar-refractivity contribution >= 4 is 10.0 Å². The number of aryl methyl sites for hydroxylation is 2. The van der Waals surface area contributed by atoms with Crippen LogP contribution in [-0.4, -0.2) is 43.7 Å². The van der Waals surface area contributed by atoms with Crippen molar-refractivity contribution in [2.75, 3.05) is 19.7 Å². The maximum Gasteiger partial charge on any atom is 0.248 e. The lowest BCUT2D eigenvalue weighted by atomic mass is 10.2. The van der Waals surface area contributed by atoms with Crippen LogP contribution in [0.2, 0.25) is 0 Å². The van der Waals surface area contributed by atoms with Crippen LogP contribution in [0.4, 0.5) is 0 Å². The van der Waals surface area contributed by atoms with E-state index in [1.54, 1.807) is 13.8 Å². The first-order valence-corrected chi connectivity index (χ1v) is 7.45. The van der Waals surface area contributed by atoms with Gasteiger partial charge in [-0.2, -0.15) is 4.31 Å². The molecule has 1 aromatic heterocycles. The first-order valence-electron chi connectivity index (χ1n) is 6.01. The summed E-state index contributed by atoms with van der Waals surface area (Å²) in [6.07, 6.45) is 0.766. The lowest BCUT2D eigenvalue weighted by Crippen LogP contribution is -2.45. The zero-order chi connectivity index (χ0) is 13.3. The SMILES string of the molecule is CC[C@@H]1CN(S(=O)(=O)c2c(C)noc2C)CCO1. The van der Waals surface area contributed by atoms with Gasteiger partial charge in [0.2, 0.25) is 10.0 Å². The standard InChI is InChI=1S/C11H18N2O4S/c1-4-10-7-13(5-6-16-10)18(14,15)11-8(2)12-17-9(11)3/h10H,4-7H2,1-3H3/t10-/m1/s1. The largest absolute Gasteiger partial charge is 0.375 e. The van der Waals surface area contributed by atoms with Crippen LogP contribution in [0.5, 0.6) is 0 Å². The van der Waals surface area contributed by atoms with Crippen molar-refractivity contribution in [3.8, 4) is 0 Å². The van der Waals surface area contributed by atoms with Crippen LogP contribution in [0.25, 0.3) is 0 Å². The zero-order valence-corrected chi connectivity index (χ0v) is 11.7. The zero-order valence-electron chi connectivity index (χ0n) is 10.8. The van der Waals surface area contributed by atoms with E-state index in [0.717, 1.165) is 6.42 Å². The molecule has 6 nitrogen and oxygen atoms in total. The predicted molar refractivity (Wildman–Crippen MR) is 64.8 cm³/mol. The van der Waals surface area contributed by atoms with Gasteiger partial charge in [-0.15, -0.1) is 0 Å². The molecule has 0 unspecified atom stereocenters. The molecule has 18 heavy (non-hydrogen) atoms. The Morgan fingerprint density at radius 3 is 2.72 bits per heavy atom. The van der Waals surface area contributed by atoms with Crippen LogP contribution in [0.3, 0.4) is 0 Å². The minimum absolute atomic E-state index is 0.0333. The number of sulfonamides is 1. The highest BCUT2D eigenvalue weighted by Gasteiger charge is 2.34. The van der Waals surface area contributed by atoms with Gasteiger partial charge in [0.05, 0.1) is 12.7 Å². The molecular formula is C11H18N2O4S. The second-order valence-electron chi connectivity index (χ2n) is 4.42. The highest BCUT2D eigenvalue weighted by atomic mass is 32.2. The van der Waals surface area contributed by atoms with Crippen molar-refractivity contribution in [2.24, 2.45) is 0 Å². The second kappa shape index (κ2) is 4.99. The molecule has 1 fully saturated rings. The molecule has 2 heterocycles. The van der Waals surface area contributed by atoms with E-state index in [2.05, 4.69) is 5.16 Å². The molecule has 0 bridgehead atoms. The minimum atomic E-state index is -3.53. The van der Waals surface area contributed by atoms with Crippen molar-refractivity contribution in [2.45, 2.75) is 38.2 Å². The molecule has 0 saturated carbocycles. The monoisotopic (exact) mass is 274 g/mol. The third-order valence-electron chi connectivity index (χ3n) is 3.12. The first-order chi connectivity index (χ1) is 8.46. The molecule has 1 aliphatic rings. The highest BCUT2D eigenvalue weighted by Crippen LogP contribution is 2.25. The Kier molecular flexibility index (Phi) is 3.74. The number of aromatic nitrogens is 1. The van der Waals surface area contributed by atoms with Gasteiger partial charge in [0.1, 0.15) is 10.6 Å². The van der Waals surface area contributed by atoms with Gasteiger partial charge in [-0.1, -0.05) is 12.1 Å². The van der Waals surface area contributed by atoms with Gasteiger partial charge in [-0.3, -0.25) is 0 Å². The van der Waals surface area contributed by atoms with E-state index in [9.17, 15) is 8.42 Å². The Morgan fingerprint density at radius 1 is 1.44 bits per heavy atom. The molecule has 2 rings (SSSR count). The van der Waals surface area contributed by atoms with Crippen molar-refractivity contribution in [1.29, 1.82) is 0 Å². The van der Waals surface area contributed by atoms with Crippen molar-refractivity contribution < 1.29 is 17.7 Å². The van der Waals surface area contributed by atoms with E-state index in [1.807, 2.05) is 6.92 Å². The fraction of sp³-hybridized carbons (Fsp3) is 0.727. The van der Waals surface area contributed by atoms with Gasteiger partial charge in [0, 0.05) is 13.1 Å². The summed E-state index contributed by atoms with van der Waals surface area (Å²) in [6.45, 7) is 6.44. The van der Waals surface area contributed by atoms with Crippen LogP contribution < -0.4 is 0 Å². The number of rotatable bonds is 3. The molecule has 0 spiro atoms. The fourth-order valence-corrected chi connectivity index (χ4v) is 3.88. The minimum Gasteiger partial charge on any atom is -0.375 e. The molecule has 7 heteroatoms. The number of morpholine rings is 1. The second-order valence-corrected chi connectivity index (χ2v) is 6.29. The Morgan fingerprint density at radius 2 is 2.17 bits per heavy atom. The average Bonchev–Trinajstić information content (AvgIpc) is 2.69. The summed E-state index contributed by atoms with van der Waals surface area (Å²) in [4.78, 5) is 0.194. The molecule has 0 amide bonds. The van der Waals surface area contributed by atoms with E-state index >= 15 is 0 Å². The van der Waals surface area contributed by atoms with E-state index in [4.69, 9.17) is 9.26 Å². The number of nitrogens with zero attached hydrogens (tertiary/aromatic N) is 2. The third kappa shape index (κ3) is 2.30. The molecular weight excluding hydrogens is 256 g/mol. The average molecular weight is 274 g/mol. The van der Waals surface area contributed by atoms with Crippen molar-refractivity contribution in [3.05, 3.63) is 11.5 Å². The molecule has 1 aromatic rings. The molecule has 1 aliphatic heterocycles. The van der Waals surface area contributed by atoms with Gasteiger partial charge in [0.15, 0.2) is 5.76 Å². The van der Waals surface area contributed by atoms with Crippen molar-refractivity contribution in [3.63, 3.8) is 0 Å². The van der Waals surface area contributed by atoms with E-state index < -0.39 is 10.0 Å². The summed E-state index contributed by atoms with van der Waals surface area (Å²) >= 11 is 0. The summed E-state index contributed by atoms with van der Waals surface area (Å²) in [7, 11) is -3.53. The summed E-state index contributed by atoms with van der Waals surface area (Å²) in [5.41, 5.74) is 0.409. The van der Waals surface area contributed by atoms with Crippen LogP contribution in [0, 0.1) is 13.8 Å². The molecule has 0 aromatic carbocycles. The predicted octanol–water partition coefficient (Wildman–Crippen LogP) is 1.09. The summed E-state index contributed by atoms with van der Waals surface area (Å²) < 4.78 is 36.9. The maximum atomic E-state index is 12.5. The van der Waals surface area contributed by atoms with Gasteiger partial charge in [-0.25, -0.2) is 8.42 Å². The number of hydrogen-bond donors (Lipinski definition) is 0. The molecule has 0 N–H and O–H groups in total. The van der Waals surface area contributed by atoms with Crippen LogP contribution in [0.15, 0.2) is 9.42 Å². The topological polar surface area (TPSA) is 72.6 Å². The van der Waals surface area contributed by atoms with E-state index in [0.29, 0.717) is 31.2 Å². The maximum absolute atomic E-state index is 12.5. The Bertz CT molecular complexity index is 504. The number of hydrogen-bond acceptors (Lipinski definition) is 5. The van der Waals surface area contributed by atoms with Gasteiger partial charge >= 0.3 is 0 Å². The van der Waals surface area contributed by atoms with E-state index in [-0.39, 0.29) is 11.0 Å². The lowest BCUT2D eigenvalue weighted by molar-refractivity contribution is -0.00281. The molecule has 0 radical (unpaired) electrons. The quantitative estimate of drug-likeness (QED) is 0.825. The van der Waals surface area contributed by atoms with Crippen LogP contribution >= 0.6 is 0 Å². The summed E-state index contributed by atoms with van der Waals surface area (Å²) in [5.74, 6) is 0.340. The highest BCUT2D eigenvalue weighted by molar-refractivity contribution is 7.89. The van der Waals surface area contributed by atoms with Crippen molar-refractivity contribution in [1.82, 2.24) is 9.46 Å². The Hall–Kier alpha value is -0.920. The fourth-order valence-electron chi connectivity index (χ4n) is 2.13. The van der Waals surface area contributed by atoms with Crippen LogP contribution in [-0.2, 0) is 14.8 Å². The first kappa shape index (κ1) is 13.5. The molecule has 1 atom stereocenters. The van der Waals surface area contributed by atoms with Crippen LogP contribution in [0.1, 0.15) is 24.8 Å². The molecule has 0 aliphatic carbocycles. The lowest BCUT2D eigenvalue weighted by Gasteiger charge is -2.31. The molecule has 1 saturated heterocycles. The summed E-state index contributed by atoms with van der Waals surface area (Å²) in [6, 6.07) is 0. The smallest absolute Gasteiger partial charge is 0.248 e. The van der Waals surface area contributed by atoms with E-state index in [1.165, 1.54) is 4.31 Å².